The van der Waals surface area contributed by atoms with Gasteiger partial charge in [0.1, 0.15) is 11.4 Å². The van der Waals surface area contributed by atoms with Gasteiger partial charge in [-0.2, -0.15) is 5.10 Å². The number of anilines is 1. The van der Waals surface area contributed by atoms with E-state index in [-0.39, 0.29) is 17.2 Å². The smallest absolute Gasteiger partial charge is 0.294 e. The van der Waals surface area contributed by atoms with Crippen LogP contribution in [0.1, 0.15) is 5.56 Å². The molecule has 0 spiro atoms. The van der Waals surface area contributed by atoms with Crippen molar-refractivity contribution in [2.75, 3.05) is 12.5 Å². The summed E-state index contributed by atoms with van der Waals surface area (Å²) < 4.78 is 5.05. The summed E-state index contributed by atoms with van der Waals surface area (Å²) in [5.74, 6) is 0.925. The number of nitro groups is 1. The molecule has 0 bridgehead atoms. The predicted molar refractivity (Wildman–Crippen MR) is 80.4 cm³/mol. The fourth-order valence-electron chi connectivity index (χ4n) is 1.67. The summed E-state index contributed by atoms with van der Waals surface area (Å²) in [5.41, 5.74) is 9.34. The van der Waals surface area contributed by atoms with Crippen LogP contribution in [0.15, 0.2) is 53.6 Å². The van der Waals surface area contributed by atoms with E-state index in [0.29, 0.717) is 11.3 Å². The number of amidine groups is 1. The molecule has 0 fully saturated rings. The minimum atomic E-state index is -0.485. The number of nitrogens with two attached hydrogens (primary N) is 1. The summed E-state index contributed by atoms with van der Waals surface area (Å²) in [7, 11) is 1.57. The van der Waals surface area contributed by atoms with Crippen molar-refractivity contribution < 1.29 is 9.66 Å². The van der Waals surface area contributed by atoms with Gasteiger partial charge in [0.15, 0.2) is 5.84 Å². The Kier molecular flexibility index (Phi) is 4.35. The van der Waals surface area contributed by atoms with Gasteiger partial charge in [0.2, 0.25) is 0 Å². The normalized spacial score (nSPS) is 11.0. The molecule has 21 heavy (non-hydrogen) atoms. The molecule has 0 aromatic heterocycles. The molecule has 2 aromatic carbocycles. The summed E-state index contributed by atoms with van der Waals surface area (Å²) in [5, 5.41) is 14.8. The Hall–Kier alpha value is -3.09. The average molecular weight is 286 g/mol. The Morgan fingerprint density at radius 3 is 2.52 bits per heavy atom. The molecule has 2 aromatic rings. The van der Waals surface area contributed by atoms with Crippen LogP contribution in [0.5, 0.6) is 5.75 Å². The number of ether oxygens (including phenoxy) is 1. The average Bonchev–Trinajstić information content (AvgIpc) is 2.52. The van der Waals surface area contributed by atoms with E-state index in [0.717, 1.165) is 0 Å². The van der Waals surface area contributed by atoms with Crippen molar-refractivity contribution in [2.45, 2.75) is 0 Å². The van der Waals surface area contributed by atoms with Gasteiger partial charge in [0, 0.05) is 11.6 Å². The molecule has 0 saturated heterocycles. The van der Waals surface area contributed by atoms with Crippen LogP contribution in [0.2, 0.25) is 0 Å². The van der Waals surface area contributed by atoms with Crippen molar-refractivity contribution in [3.8, 4) is 5.75 Å². The standard InChI is InChI=1S/C14H14N4O3/c1-21-11-8-6-10(7-9-11)14(15)17-16-12-4-2-3-5-13(12)18(19)20/h2-9,16H,1H3,(H2,15,17). The van der Waals surface area contributed by atoms with Gasteiger partial charge in [-0.25, -0.2) is 0 Å². The molecule has 7 nitrogen and oxygen atoms in total. The van der Waals surface area contributed by atoms with Gasteiger partial charge in [0.25, 0.3) is 5.69 Å². The number of methoxy groups -OCH3 is 1. The van der Waals surface area contributed by atoms with Gasteiger partial charge in [0.05, 0.1) is 12.0 Å². The van der Waals surface area contributed by atoms with E-state index >= 15 is 0 Å². The van der Waals surface area contributed by atoms with E-state index < -0.39 is 4.92 Å². The Labute approximate surface area is 121 Å². The Balaban J connectivity index is 2.18. The lowest BCUT2D eigenvalue weighted by Crippen LogP contribution is -2.15. The Morgan fingerprint density at radius 2 is 1.90 bits per heavy atom. The molecule has 108 valence electrons. The molecule has 0 radical (unpaired) electrons. The van der Waals surface area contributed by atoms with Crippen LogP contribution < -0.4 is 15.9 Å². The zero-order chi connectivity index (χ0) is 15.2. The highest BCUT2D eigenvalue weighted by atomic mass is 16.6. The second-order valence-electron chi connectivity index (χ2n) is 4.11. The quantitative estimate of drug-likeness (QED) is 0.380. The maximum absolute atomic E-state index is 10.9. The number of benzene rings is 2. The number of hydrogen-bond donors (Lipinski definition) is 2. The SMILES string of the molecule is COc1ccc(/C(N)=N\Nc2ccccc2[N+](=O)[O-])cc1. The zero-order valence-corrected chi connectivity index (χ0v) is 11.3. The zero-order valence-electron chi connectivity index (χ0n) is 11.3. The summed E-state index contributed by atoms with van der Waals surface area (Å²) in [6.07, 6.45) is 0. The molecular formula is C14H14N4O3. The van der Waals surface area contributed by atoms with Crippen molar-refractivity contribution in [1.82, 2.24) is 0 Å². The largest absolute Gasteiger partial charge is 0.497 e. The monoisotopic (exact) mass is 286 g/mol. The van der Waals surface area contributed by atoms with Crippen LogP contribution in [-0.2, 0) is 0 Å². The van der Waals surface area contributed by atoms with Gasteiger partial charge in [-0.1, -0.05) is 12.1 Å². The highest BCUT2D eigenvalue weighted by molar-refractivity contribution is 5.98. The van der Waals surface area contributed by atoms with Crippen molar-refractivity contribution in [3.05, 3.63) is 64.2 Å². The van der Waals surface area contributed by atoms with Crippen LogP contribution in [0.3, 0.4) is 0 Å². The number of hydrogen-bond acceptors (Lipinski definition) is 5. The maximum atomic E-state index is 10.9. The fourth-order valence-corrected chi connectivity index (χ4v) is 1.67. The fraction of sp³-hybridized carbons (Fsp3) is 0.0714. The van der Waals surface area contributed by atoms with Crippen LogP contribution >= 0.6 is 0 Å². The van der Waals surface area contributed by atoms with Crippen molar-refractivity contribution in [3.63, 3.8) is 0 Å². The van der Waals surface area contributed by atoms with Gasteiger partial charge in [-0.15, -0.1) is 0 Å². The van der Waals surface area contributed by atoms with Gasteiger partial charge >= 0.3 is 0 Å². The first kappa shape index (κ1) is 14.3. The highest BCUT2D eigenvalue weighted by Gasteiger charge is 2.11. The van der Waals surface area contributed by atoms with Gasteiger partial charge in [-0.3, -0.25) is 15.5 Å². The lowest BCUT2D eigenvalue weighted by atomic mass is 10.2. The molecule has 7 heteroatoms. The predicted octanol–water partition coefficient (Wildman–Crippen LogP) is 2.34. The molecule has 0 atom stereocenters. The molecule has 0 aliphatic heterocycles. The lowest BCUT2D eigenvalue weighted by molar-refractivity contribution is -0.384. The van der Waals surface area contributed by atoms with Crippen molar-refractivity contribution >= 4 is 17.2 Å². The summed E-state index contributed by atoms with van der Waals surface area (Å²) in [4.78, 5) is 10.4. The summed E-state index contributed by atoms with van der Waals surface area (Å²) in [6, 6.07) is 13.2. The Bertz CT molecular complexity index is 668. The van der Waals surface area contributed by atoms with Crippen LogP contribution in [0.25, 0.3) is 0 Å². The third kappa shape index (κ3) is 3.47. The van der Waals surface area contributed by atoms with Gasteiger partial charge < -0.3 is 10.5 Å². The first-order valence-electron chi connectivity index (χ1n) is 6.09. The topological polar surface area (TPSA) is 103 Å². The summed E-state index contributed by atoms with van der Waals surface area (Å²) in [6.45, 7) is 0. The number of hydrazone groups is 1. The first-order chi connectivity index (χ1) is 10.1. The molecular weight excluding hydrogens is 272 g/mol. The van der Waals surface area contributed by atoms with Crippen LogP contribution in [0.4, 0.5) is 11.4 Å². The third-order valence-electron chi connectivity index (χ3n) is 2.78. The molecule has 0 aliphatic carbocycles. The molecule has 0 saturated carbocycles. The minimum absolute atomic E-state index is 0.0659. The van der Waals surface area contributed by atoms with E-state index in [1.165, 1.54) is 6.07 Å². The van der Waals surface area contributed by atoms with Crippen molar-refractivity contribution in [2.24, 2.45) is 10.8 Å². The van der Waals surface area contributed by atoms with Crippen LogP contribution in [-0.4, -0.2) is 17.9 Å². The number of rotatable bonds is 5. The second-order valence-corrected chi connectivity index (χ2v) is 4.11. The number of nitro benzene ring substituents is 1. The Morgan fingerprint density at radius 1 is 1.24 bits per heavy atom. The van der Waals surface area contributed by atoms with E-state index in [2.05, 4.69) is 10.5 Å². The highest BCUT2D eigenvalue weighted by Crippen LogP contribution is 2.23. The molecule has 0 heterocycles. The third-order valence-corrected chi connectivity index (χ3v) is 2.78. The maximum Gasteiger partial charge on any atom is 0.294 e. The van der Waals surface area contributed by atoms with E-state index in [1.54, 1.807) is 49.6 Å². The van der Waals surface area contributed by atoms with E-state index in [4.69, 9.17) is 10.5 Å². The molecule has 0 unspecified atom stereocenters. The summed E-state index contributed by atoms with van der Waals surface area (Å²) >= 11 is 0. The first-order valence-corrected chi connectivity index (χ1v) is 6.09. The minimum Gasteiger partial charge on any atom is -0.497 e. The molecule has 3 N–H and O–H groups in total. The molecule has 2 rings (SSSR count). The van der Waals surface area contributed by atoms with Crippen LogP contribution in [0, 0.1) is 10.1 Å². The van der Waals surface area contributed by atoms with Gasteiger partial charge in [-0.05, 0) is 30.3 Å². The van der Waals surface area contributed by atoms with E-state index in [1.807, 2.05) is 0 Å². The second kappa shape index (κ2) is 6.38. The number of para-hydroxylation sites is 2. The molecule has 0 amide bonds. The number of nitrogens with zero attached hydrogens (tertiary/aromatic N) is 2. The number of nitrogens with one attached hydrogen (secondary N) is 1. The van der Waals surface area contributed by atoms with E-state index in [9.17, 15) is 10.1 Å². The lowest BCUT2D eigenvalue weighted by Gasteiger charge is -2.05. The molecule has 0 aliphatic rings. The van der Waals surface area contributed by atoms with Crippen molar-refractivity contribution in [1.29, 1.82) is 0 Å².